The number of fused-ring (bicyclic) bond motifs is 1. The molecular formula is C23H25N7O4S. The van der Waals surface area contributed by atoms with E-state index >= 15 is 0 Å². The number of nitrogens with zero attached hydrogens (tertiary/aromatic N) is 4. The van der Waals surface area contributed by atoms with Crippen molar-refractivity contribution < 1.29 is 18.8 Å². The molecule has 182 valence electrons. The summed E-state index contributed by atoms with van der Waals surface area (Å²) in [5.41, 5.74) is 7.37. The number of hydrogen-bond acceptors (Lipinski definition) is 11. The Morgan fingerprint density at radius 2 is 2.06 bits per heavy atom. The van der Waals surface area contributed by atoms with Crippen LogP contribution in [0, 0.1) is 13.8 Å². The number of thiazole rings is 1. The minimum absolute atomic E-state index is 0.124. The largest absolute Gasteiger partial charge is 0.461 e. The number of esters is 1. The van der Waals surface area contributed by atoms with Gasteiger partial charge in [-0.25, -0.2) is 14.8 Å². The first kappa shape index (κ1) is 24.2. The van der Waals surface area contributed by atoms with Crippen LogP contribution >= 0.6 is 11.3 Å². The SMILES string of the molecule is CCCOC(=O)c1sc(NC(=O)[C@H](N)CNc2nccc3ccc(-c4noc(C)n4)cc23)nc1C. The van der Waals surface area contributed by atoms with Crippen LogP contribution in [0.2, 0.25) is 0 Å². The van der Waals surface area contributed by atoms with Crippen LogP contribution in [0.25, 0.3) is 22.2 Å². The van der Waals surface area contributed by atoms with Crippen molar-refractivity contribution in [2.24, 2.45) is 5.73 Å². The van der Waals surface area contributed by atoms with Gasteiger partial charge in [-0.2, -0.15) is 4.98 Å². The number of anilines is 2. The van der Waals surface area contributed by atoms with Gasteiger partial charge in [0.2, 0.25) is 17.6 Å². The standard InChI is InChI=1S/C23H25N7O4S/c1-4-9-33-22(32)18-12(2)27-23(35-18)29-21(31)17(24)11-26-20-16-10-15(19-28-13(3)34-30-19)6-5-14(16)7-8-25-20/h5-8,10,17H,4,9,11,24H2,1-3H3,(H,25,26)(H,27,29,31)/t17-/m1/s1. The number of hydrogen-bond donors (Lipinski definition) is 3. The molecule has 1 aromatic carbocycles. The zero-order valence-electron chi connectivity index (χ0n) is 19.5. The van der Waals surface area contributed by atoms with Gasteiger partial charge in [-0.3, -0.25) is 4.79 Å². The topological polar surface area (TPSA) is 158 Å². The fourth-order valence-corrected chi connectivity index (χ4v) is 4.12. The van der Waals surface area contributed by atoms with E-state index in [1.165, 1.54) is 0 Å². The Balaban J connectivity index is 1.43. The van der Waals surface area contributed by atoms with E-state index in [9.17, 15) is 9.59 Å². The Morgan fingerprint density at radius 1 is 1.23 bits per heavy atom. The Morgan fingerprint density at radius 3 is 2.80 bits per heavy atom. The monoisotopic (exact) mass is 495 g/mol. The lowest BCUT2D eigenvalue weighted by Gasteiger charge is -2.14. The first-order chi connectivity index (χ1) is 16.9. The summed E-state index contributed by atoms with van der Waals surface area (Å²) in [5.74, 6) is 0.626. The molecule has 0 unspecified atom stereocenters. The third-order valence-electron chi connectivity index (χ3n) is 5.03. The molecule has 4 N–H and O–H groups in total. The summed E-state index contributed by atoms with van der Waals surface area (Å²) in [6.07, 6.45) is 2.39. The van der Waals surface area contributed by atoms with Gasteiger partial charge in [-0.15, -0.1) is 0 Å². The highest BCUT2D eigenvalue weighted by Crippen LogP contribution is 2.27. The van der Waals surface area contributed by atoms with Crippen molar-refractivity contribution in [1.29, 1.82) is 0 Å². The van der Waals surface area contributed by atoms with Crippen LogP contribution < -0.4 is 16.4 Å². The third-order valence-corrected chi connectivity index (χ3v) is 6.08. The smallest absolute Gasteiger partial charge is 0.350 e. The second-order valence-corrected chi connectivity index (χ2v) is 8.78. The minimum Gasteiger partial charge on any atom is -0.461 e. The van der Waals surface area contributed by atoms with Gasteiger partial charge >= 0.3 is 5.97 Å². The van der Waals surface area contributed by atoms with E-state index in [2.05, 4.69) is 30.7 Å². The normalized spacial score (nSPS) is 11.9. The second kappa shape index (κ2) is 10.6. The zero-order valence-corrected chi connectivity index (χ0v) is 20.3. The highest BCUT2D eigenvalue weighted by atomic mass is 32.1. The Kier molecular flexibility index (Phi) is 7.32. The van der Waals surface area contributed by atoms with Gasteiger partial charge in [0, 0.05) is 30.6 Å². The maximum atomic E-state index is 12.6. The van der Waals surface area contributed by atoms with Gasteiger partial charge in [0.05, 0.1) is 12.3 Å². The highest BCUT2D eigenvalue weighted by molar-refractivity contribution is 7.17. The summed E-state index contributed by atoms with van der Waals surface area (Å²) in [7, 11) is 0. The number of rotatable bonds is 9. The van der Waals surface area contributed by atoms with Gasteiger partial charge in [0.15, 0.2) is 5.13 Å². The molecular weight excluding hydrogens is 470 g/mol. The predicted molar refractivity (Wildman–Crippen MR) is 132 cm³/mol. The van der Waals surface area contributed by atoms with Gasteiger partial charge in [0.25, 0.3) is 0 Å². The van der Waals surface area contributed by atoms with Crippen molar-refractivity contribution >= 4 is 44.9 Å². The molecule has 4 rings (SSSR count). The molecule has 1 atom stereocenters. The molecule has 1 amide bonds. The number of nitrogens with one attached hydrogen (secondary N) is 2. The number of carbonyl (C=O) groups is 2. The van der Waals surface area contributed by atoms with E-state index in [1.807, 2.05) is 31.2 Å². The van der Waals surface area contributed by atoms with Crippen LogP contribution in [-0.4, -0.2) is 51.2 Å². The summed E-state index contributed by atoms with van der Waals surface area (Å²) in [5, 5.41) is 11.8. The van der Waals surface area contributed by atoms with Crippen molar-refractivity contribution in [2.75, 3.05) is 23.8 Å². The number of aromatic nitrogens is 4. The molecule has 4 aromatic rings. The number of benzene rings is 1. The van der Waals surface area contributed by atoms with E-state index in [1.54, 1.807) is 20.0 Å². The molecule has 35 heavy (non-hydrogen) atoms. The second-order valence-electron chi connectivity index (χ2n) is 7.78. The van der Waals surface area contributed by atoms with E-state index < -0.39 is 17.9 Å². The highest BCUT2D eigenvalue weighted by Gasteiger charge is 2.20. The molecule has 0 aliphatic rings. The number of ether oxygens (including phenoxy) is 1. The van der Waals surface area contributed by atoms with Gasteiger partial charge in [-0.05, 0) is 30.9 Å². The lowest BCUT2D eigenvalue weighted by molar-refractivity contribution is -0.117. The molecule has 0 fully saturated rings. The number of pyridine rings is 1. The Hall–Kier alpha value is -3.90. The lowest BCUT2D eigenvalue weighted by Crippen LogP contribution is -2.41. The van der Waals surface area contributed by atoms with Crippen LogP contribution in [0.4, 0.5) is 10.9 Å². The fourth-order valence-electron chi connectivity index (χ4n) is 3.26. The van der Waals surface area contributed by atoms with E-state index in [0.717, 1.165) is 34.1 Å². The van der Waals surface area contributed by atoms with Gasteiger partial charge in [-0.1, -0.05) is 35.5 Å². The van der Waals surface area contributed by atoms with Gasteiger partial charge in [0.1, 0.15) is 16.7 Å². The third kappa shape index (κ3) is 5.61. The molecule has 0 aliphatic heterocycles. The molecule has 0 saturated carbocycles. The van der Waals surface area contributed by atoms with Crippen molar-refractivity contribution in [3.05, 3.63) is 46.9 Å². The van der Waals surface area contributed by atoms with Crippen molar-refractivity contribution in [3.8, 4) is 11.4 Å². The lowest BCUT2D eigenvalue weighted by atomic mass is 10.1. The molecule has 0 aliphatic carbocycles. The average Bonchev–Trinajstić information content (AvgIpc) is 3.45. The summed E-state index contributed by atoms with van der Waals surface area (Å²) in [6.45, 7) is 5.78. The van der Waals surface area contributed by atoms with Crippen LogP contribution in [0.1, 0.15) is 34.6 Å². The first-order valence-electron chi connectivity index (χ1n) is 11.0. The zero-order chi connectivity index (χ0) is 24.9. The van der Waals surface area contributed by atoms with Crippen LogP contribution in [0.15, 0.2) is 35.0 Å². The molecule has 0 saturated heterocycles. The first-order valence-corrected chi connectivity index (χ1v) is 11.8. The number of amides is 1. The van der Waals surface area contributed by atoms with E-state index in [4.69, 9.17) is 15.0 Å². The average molecular weight is 496 g/mol. The molecule has 3 aromatic heterocycles. The molecule has 11 nitrogen and oxygen atoms in total. The van der Waals surface area contributed by atoms with Crippen molar-refractivity contribution in [1.82, 2.24) is 20.1 Å². The van der Waals surface area contributed by atoms with Crippen LogP contribution in [0.5, 0.6) is 0 Å². The molecule has 12 heteroatoms. The fraction of sp³-hybridized carbons (Fsp3) is 0.304. The Bertz CT molecular complexity index is 1370. The number of aryl methyl sites for hydroxylation is 2. The molecule has 0 radical (unpaired) electrons. The van der Waals surface area contributed by atoms with Crippen LogP contribution in [-0.2, 0) is 9.53 Å². The molecule has 3 heterocycles. The van der Waals surface area contributed by atoms with Gasteiger partial charge < -0.3 is 25.6 Å². The maximum absolute atomic E-state index is 12.6. The van der Waals surface area contributed by atoms with Crippen LogP contribution in [0.3, 0.4) is 0 Å². The van der Waals surface area contributed by atoms with Crippen molar-refractivity contribution in [3.63, 3.8) is 0 Å². The molecule has 0 bridgehead atoms. The minimum atomic E-state index is -0.894. The number of carbonyl (C=O) groups excluding carboxylic acids is 2. The summed E-state index contributed by atoms with van der Waals surface area (Å²) in [6, 6.07) is 6.72. The predicted octanol–water partition coefficient (Wildman–Crippen LogP) is 3.30. The summed E-state index contributed by atoms with van der Waals surface area (Å²) < 4.78 is 10.2. The quantitative estimate of drug-likeness (QED) is 0.294. The Labute approximate surface area is 205 Å². The van der Waals surface area contributed by atoms with E-state index in [-0.39, 0.29) is 11.7 Å². The van der Waals surface area contributed by atoms with E-state index in [0.29, 0.717) is 34.7 Å². The summed E-state index contributed by atoms with van der Waals surface area (Å²) in [4.78, 5) is 38.0. The van der Waals surface area contributed by atoms with Crippen molar-refractivity contribution in [2.45, 2.75) is 33.2 Å². The maximum Gasteiger partial charge on any atom is 0.350 e. The summed E-state index contributed by atoms with van der Waals surface area (Å²) >= 11 is 1.06. The molecule has 0 spiro atoms. The number of nitrogens with two attached hydrogens (primary N) is 1.